The average Bonchev–Trinajstić information content (AvgIpc) is 3.51. The molecule has 35 heavy (non-hydrogen) atoms. The summed E-state index contributed by atoms with van der Waals surface area (Å²) in [6, 6.07) is 17.4. The number of aliphatic hydroxyl groups is 1. The van der Waals surface area contributed by atoms with Gasteiger partial charge in [0.15, 0.2) is 6.61 Å². The van der Waals surface area contributed by atoms with Crippen molar-refractivity contribution in [2.75, 3.05) is 19.8 Å². The number of β-amino-alcohol motifs (C(OH)–C–C–N with tert-alkyl or cyclic N) is 1. The number of hydrogen-bond acceptors (Lipinski definition) is 6. The highest BCUT2D eigenvalue weighted by atomic mass is 32.1. The van der Waals surface area contributed by atoms with Gasteiger partial charge in [-0.2, -0.15) is 0 Å². The van der Waals surface area contributed by atoms with Crippen LogP contribution in [0.1, 0.15) is 19.4 Å². The van der Waals surface area contributed by atoms with E-state index in [4.69, 9.17) is 14.6 Å². The van der Waals surface area contributed by atoms with Gasteiger partial charge in [0.05, 0.1) is 0 Å². The van der Waals surface area contributed by atoms with E-state index in [1.54, 1.807) is 17.4 Å². The molecule has 0 aliphatic carbocycles. The summed E-state index contributed by atoms with van der Waals surface area (Å²) in [4.78, 5) is 15.2. The Kier molecular flexibility index (Phi) is 7.75. The molecule has 0 saturated heterocycles. The Morgan fingerprint density at radius 3 is 2.74 bits per heavy atom. The Balaban J connectivity index is 1.33. The zero-order valence-corrected chi connectivity index (χ0v) is 20.6. The summed E-state index contributed by atoms with van der Waals surface area (Å²) >= 11 is 1.65. The maximum Gasteiger partial charge on any atom is 0.341 e. The van der Waals surface area contributed by atoms with E-state index >= 15 is 0 Å². The second kappa shape index (κ2) is 10.9. The first kappa shape index (κ1) is 24.8. The number of para-hydroxylation sites is 1. The monoisotopic (exact) mass is 494 g/mol. The molecule has 0 fully saturated rings. The molecule has 0 bridgehead atoms. The van der Waals surface area contributed by atoms with Crippen LogP contribution in [-0.2, 0) is 11.2 Å². The van der Waals surface area contributed by atoms with Crippen LogP contribution >= 0.6 is 11.3 Å². The van der Waals surface area contributed by atoms with Crippen molar-refractivity contribution in [1.29, 1.82) is 0 Å². The van der Waals surface area contributed by atoms with Crippen molar-refractivity contribution in [2.45, 2.75) is 31.9 Å². The molecule has 0 amide bonds. The largest absolute Gasteiger partial charge is 0.490 e. The third kappa shape index (κ3) is 6.63. The SMILES string of the molecule is CC(C)(Cc1c[nH]c2ccc(OCC(=O)O)cc12)NC[C@H](O)COc1ccccc1-c1cccs1. The fourth-order valence-electron chi connectivity index (χ4n) is 3.94. The van der Waals surface area contributed by atoms with Gasteiger partial charge < -0.3 is 30.0 Å². The first-order chi connectivity index (χ1) is 16.8. The molecule has 0 aliphatic rings. The molecule has 8 heteroatoms. The highest BCUT2D eigenvalue weighted by molar-refractivity contribution is 7.13. The third-order valence-electron chi connectivity index (χ3n) is 5.65. The predicted molar refractivity (Wildman–Crippen MR) is 138 cm³/mol. The summed E-state index contributed by atoms with van der Waals surface area (Å²) in [7, 11) is 0. The number of H-pyrrole nitrogens is 1. The highest BCUT2D eigenvalue weighted by Crippen LogP contribution is 2.33. The lowest BCUT2D eigenvalue weighted by Gasteiger charge is -2.28. The minimum Gasteiger partial charge on any atom is -0.490 e. The molecular weight excluding hydrogens is 464 g/mol. The first-order valence-corrected chi connectivity index (χ1v) is 12.3. The number of carbonyl (C=O) groups is 1. The molecule has 184 valence electrons. The lowest BCUT2D eigenvalue weighted by molar-refractivity contribution is -0.139. The molecule has 0 aliphatic heterocycles. The molecular formula is C27H30N2O5S. The van der Waals surface area contributed by atoms with E-state index in [2.05, 4.69) is 30.2 Å². The smallest absolute Gasteiger partial charge is 0.341 e. The molecule has 2 heterocycles. The van der Waals surface area contributed by atoms with E-state index in [9.17, 15) is 9.90 Å². The Morgan fingerprint density at radius 1 is 1.14 bits per heavy atom. The van der Waals surface area contributed by atoms with E-state index < -0.39 is 12.1 Å². The number of carboxylic acid groups (broad SMARTS) is 1. The van der Waals surface area contributed by atoms with Crippen LogP contribution in [0.25, 0.3) is 21.3 Å². The number of rotatable bonds is 12. The number of nitrogens with one attached hydrogen (secondary N) is 2. The maximum absolute atomic E-state index is 10.8. The lowest BCUT2D eigenvalue weighted by Crippen LogP contribution is -2.46. The van der Waals surface area contributed by atoms with Crippen molar-refractivity contribution in [1.82, 2.24) is 10.3 Å². The molecule has 4 N–H and O–H groups in total. The van der Waals surface area contributed by atoms with E-state index in [1.165, 1.54) is 0 Å². The maximum atomic E-state index is 10.8. The number of aromatic amines is 1. The van der Waals surface area contributed by atoms with Crippen LogP contribution in [0.5, 0.6) is 11.5 Å². The number of hydrogen-bond donors (Lipinski definition) is 4. The second-order valence-corrected chi connectivity index (χ2v) is 10.0. The van der Waals surface area contributed by atoms with Crippen molar-refractivity contribution < 1.29 is 24.5 Å². The van der Waals surface area contributed by atoms with Gasteiger partial charge in [0.1, 0.15) is 24.2 Å². The van der Waals surface area contributed by atoms with Gasteiger partial charge >= 0.3 is 5.97 Å². The van der Waals surface area contributed by atoms with Gasteiger partial charge in [-0.15, -0.1) is 11.3 Å². The van der Waals surface area contributed by atoms with Gasteiger partial charge in [-0.25, -0.2) is 4.79 Å². The average molecular weight is 495 g/mol. The van der Waals surface area contributed by atoms with Crippen LogP contribution in [0.4, 0.5) is 0 Å². The van der Waals surface area contributed by atoms with Crippen LogP contribution in [0.2, 0.25) is 0 Å². The fraction of sp³-hybridized carbons (Fsp3) is 0.296. The quantitative estimate of drug-likeness (QED) is 0.227. The Labute approximate surface area is 208 Å². The number of carboxylic acids is 1. The van der Waals surface area contributed by atoms with Crippen LogP contribution in [-0.4, -0.2) is 52.6 Å². The van der Waals surface area contributed by atoms with Gasteiger partial charge in [0, 0.05) is 39.6 Å². The molecule has 0 radical (unpaired) electrons. The van der Waals surface area contributed by atoms with Crippen molar-refractivity contribution in [3.63, 3.8) is 0 Å². The van der Waals surface area contributed by atoms with Crippen molar-refractivity contribution in [2.24, 2.45) is 0 Å². The fourth-order valence-corrected chi connectivity index (χ4v) is 4.70. The van der Waals surface area contributed by atoms with Crippen LogP contribution in [0.3, 0.4) is 0 Å². The summed E-state index contributed by atoms with van der Waals surface area (Å²) in [5.74, 6) is 0.261. The van der Waals surface area contributed by atoms with Crippen LogP contribution in [0.15, 0.2) is 66.2 Å². The Bertz CT molecular complexity index is 1270. The zero-order valence-electron chi connectivity index (χ0n) is 19.8. The number of aliphatic hydroxyl groups excluding tert-OH is 1. The predicted octanol–water partition coefficient (Wildman–Crippen LogP) is 4.71. The van der Waals surface area contributed by atoms with E-state index in [1.807, 2.05) is 54.0 Å². The van der Waals surface area contributed by atoms with Crippen molar-refractivity contribution in [3.8, 4) is 21.9 Å². The summed E-state index contributed by atoms with van der Waals surface area (Å²) < 4.78 is 11.3. The summed E-state index contributed by atoms with van der Waals surface area (Å²) in [5, 5.41) is 25.9. The van der Waals surface area contributed by atoms with E-state index in [0.29, 0.717) is 18.7 Å². The summed E-state index contributed by atoms with van der Waals surface area (Å²) in [5.41, 5.74) is 2.75. The number of ether oxygens (including phenoxy) is 2. The molecule has 2 aromatic carbocycles. The number of aliphatic carboxylic acids is 1. The minimum atomic E-state index is -1.01. The zero-order chi connectivity index (χ0) is 24.8. The molecule has 2 aromatic heterocycles. The Morgan fingerprint density at radius 2 is 1.97 bits per heavy atom. The lowest BCUT2D eigenvalue weighted by atomic mass is 9.94. The first-order valence-electron chi connectivity index (χ1n) is 11.4. The van der Waals surface area contributed by atoms with Crippen molar-refractivity contribution in [3.05, 3.63) is 71.7 Å². The number of fused-ring (bicyclic) bond motifs is 1. The number of thiophene rings is 1. The van der Waals surface area contributed by atoms with Crippen molar-refractivity contribution >= 4 is 28.2 Å². The molecule has 4 rings (SSSR count). The molecule has 1 atom stereocenters. The summed E-state index contributed by atoms with van der Waals surface area (Å²) in [6.45, 7) is 4.34. The number of aromatic nitrogens is 1. The minimum absolute atomic E-state index is 0.183. The molecule has 4 aromatic rings. The summed E-state index contributed by atoms with van der Waals surface area (Å²) in [6.07, 6.45) is 1.98. The topological polar surface area (TPSA) is 104 Å². The van der Waals surface area contributed by atoms with Gasteiger partial charge in [-0.3, -0.25) is 0 Å². The van der Waals surface area contributed by atoms with Gasteiger partial charge in [-0.05, 0) is 67.6 Å². The van der Waals surface area contributed by atoms with Gasteiger partial charge in [0.2, 0.25) is 0 Å². The third-order valence-corrected chi connectivity index (χ3v) is 6.56. The number of benzene rings is 2. The second-order valence-electron chi connectivity index (χ2n) is 9.08. The Hall–Kier alpha value is -3.33. The van der Waals surface area contributed by atoms with Gasteiger partial charge in [0.25, 0.3) is 0 Å². The molecule has 7 nitrogen and oxygen atoms in total. The standard InChI is InChI=1S/C27H30N2O5S/c1-27(2,13-18-14-28-23-10-9-20(12-22(18)23)33-17-26(31)32)29-15-19(30)16-34-24-7-4-3-6-21(24)25-8-5-11-35-25/h3-12,14,19,28-30H,13,15-17H2,1-2H3,(H,31,32)/t19-/m0/s1. The normalized spacial score (nSPS) is 12.5. The highest BCUT2D eigenvalue weighted by Gasteiger charge is 2.22. The van der Waals surface area contributed by atoms with Crippen LogP contribution in [0, 0.1) is 0 Å². The van der Waals surface area contributed by atoms with E-state index in [-0.39, 0.29) is 18.8 Å². The van der Waals surface area contributed by atoms with Crippen LogP contribution < -0.4 is 14.8 Å². The molecule has 0 unspecified atom stereocenters. The molecule has 0 saturated carbocycles. The van der Waals surface area contributed by atoms with E-state index in [0.717, 1.165) is 32.7 Å². The molecule has 0 spiro atoms. The van der Waals surface area contributed by atoms with Gasteiger partial charge in [-0.1, -0.05) is 18.2 Å².